The van der Waals surface area contributed by atoms with Gasteiger partial charge in [-0.05, 0) is 0 Å². The summed E-state index contributed by atoms with van der Waals surface area (Å²) in [5.74, 6) is 0. The van der Waals surface area contributed by atoms with Gasteiger partial charge in [-0.15, -0.1) is 0 Å². The average Bonchev–Trinajstić information content (AvgIpc) is 2.45. The molecule has 0 aromatic carbocycles. The Morgan fingerprint density at radius 2 is 0.294 bits per heavy atom. The van der Waals surface area contributed by atoms with E-state index in [4.69, 9.17) is 82.8 Å². The topological polar surface area (TPSA) is 167 Å². The van der Waals surface area contributed by atoms with Crippen molar-refractivity contribution in [1.29, 1.82) is 36.8 Å². The molecule has 0 aromatic heterocycles. The van der Waals surface area contributed by atoms with E-state index in [9.17, 15) is 0 Å². The van der Waals surface area contributed by atoms with E-state index in [-0.39, 0.29) is 96.1 Å². The van der Waals surface area contributed by atoms with Crippen molar-refractivity contribution in [2.75, 3.05) is 0 Å². The number of hydrogen-bond donors (Lipinski definition) is 0. The van der Waals surface area contributed by atoms with Crippen LogP contribution in [0.1, 0.15) is 0 Å². The second kappa shape index (κ2) is 16000. The minimum atomic E-state index is 0. The van der Waals surface area contributed by atoms with Crippen LogP contribution in [0.3, 0.4) is 0 Å². The van der Waals surface area contributed by atoms with E-state index in [1.165, 1.54) is 0 Å². The van der Waals surface area contributed by atoms with Gasteiger partial charge in [0.2, 0.25) is 0 Å². The van der Waals surface area contributed by atoms with Gasteiger partial charge in [-0.25, -0.2) is 0 Å². The molecule has 0 aliphatic heterocycles. The van der Waals surface area contributed by atoms with Gasteiger partial charge in [-0.3, -0.25) is 0 Å². The second-order valence-corrected chi connectivity index (χ2v) is 0. The predicted octanol–water partition coefficient (Wildman–Crippen LogP) is -2.33. The summed E-state index contributed by atoms with van der Waals surface area (Å²) >= 11 is 0. The van der Waals surface area contributed by atoms with E-state index in [0.717, 1.165) is 0 Å². The summed E-state index contributed by atoms with van der Waals surface area (Å²) in [5, 5.41) is 43.8. The van der Waals surface area contributed by atoms with Crippen molar-refractivity contribution < 1.29 is 96.1 Å². The van der Waals surface area contributed by atoms with Crippen molar-refractivity contribution in [2.45, 2.75) is 0 Å². The van der Waals surface area contributed by atoms with Gasteiger partial charge in [-0.2, -0.15) is 0 Å². The monoisotopic (exact) mass is 615 g/mol. The van der Waals surface area contributed by atoms with Gasteiger partial charge in [0.1, 0.15) is 0 Å². The Hall–Kier alpha value is -0.453. The molecule has 0 amide bonds. The van der Waals surface area contributed by atoms with Gasteiger partial charge in [0.05, 0.1) is 0 Å². The van der Waals surface area contributed by atoms with Gasteiger partial charge in [0.15, 0.2) is 0 Å². The normalized spacial score (nSPS) is 0.824. The molecular weight excluding hydrogens is 615 g/mol. The molecule has 0 aromatic rings. The number of hydrogen-bond acceptors (Lipinski definition) is 7. The van der Waals surface area contributed by atoms with Crippen molar-refractivity contribution >= 4 is 0 Å². The summed E-state index contributed by atoms with van der Waals surface area (Å²) in [6.45, 7) is 33.2. The van der Waals surface area contributed by atoms with Crippen LogP contribution in [-0.2, 0) is 44.8 Å². The fraction of sp³-hybridized carbons (Fsp3) is 0. The first-order valence-corrected chi connectivity index (χ1v) is 1.57. The molecule has 0 radical (unpaired) electrons. The quantitative estimate of drug-likeness (QED) is 0.218. The SMILES string of the molecule is [Au+3].[Au+3].[C-]#N.[C-]#N.[C-]#N.[C-]#N.[C-]#N.[C-]#N.[C-]#N.[K+]. The zero-order valence-corrected chi connectivity index (χ0v) is 15.7. The minimum absolute atomic E-state index is 0. The fourth-order valence-electron chi connectivity index (χ4n) is 0. The smallest absolute Gasteiger partial charge is 0.512 e. The summed E-state index contributed by atoms with van der Waals surface area (Å²) in [6.07, 6.45) is 0. The first-order valence-electron chi connectivity index (χ1n) is 1.57. The van der Waals surface area contributed by atoms with E-state index in [0.29, 0.717) is 0 Å². The molecule has 0 fully saturated rings. The Bertz CT molecular complexity index is 120. The molecule has 0 aliphatic carbocycles. The first-order chi connectivity index (χ1) is 7.00. The van der Waals surface area contributed by atoms with Crippen LogP contribution in [0.5, 0.6) is 0 Å². The summed E-state index contributed by atoms with van der Waals surface area (Å²) in [7, 11) is 0. The van der Waals surface area contributed by atoms with E-state index < -0.39 is 0 Å². The summed E-state index contributed by atoms with van der Waals surface area (Å²) in [5.41, 5.74) is 0. The van der Waals surface area contributed by atoms with E-state index >= 15 is 0 Å². The Balaban J connectivity index is -0.00000000408. The number of nitrogens with zero attached hydrogens (tertiary/aromatic N) is 7. The van der Waals surface area contributed by atoms with Crippen LogP contribution in [0.15, 0.2) is 0 Å². The van der Waals surface area contributed by atoms with Crippen molar-refractivity contribution in [3.05, 3.63) is 46.0 Å². The maximum absolute atomic E-state index is 6.25. The second-order valence-electron chi connectivity index (χ2n) is 0. The molecule has 10 heteroatoms. The van der Waals surface area contributed by atoms with Crippen LogP contribution in [0.25, 0.3) is 0 Å². The van der Waals surface area contributed by atoms with Crippen molar-refractivity contribution in [2.24, 2.45) is 0 Å². The van der Waals surface area contributed by atoms with Crippen LogP contribution in [-0.4, -0.2) is 0 Å². The van der Waals surface area contributed by atoms with Gasteiger partial charge >= 0.3 is 96.1 Å². The van der Waals surface area contributed by atoms with Crippen molar-refractivity contribution in [3.63, 3.8) is 0 Å². The average molecular weight is 615 g/mol. The zero-order valence-electron chi connectivity index (χ0n) is 8.23. The fourth-order valence-corrected chi connectivity index (χ4v) is 0. The molecule has 0 heterocycles. The van der Waals surface area contributed by atoms with E-state index in [1.807, 2.05) is 0 Å². The van der Waals surface area contributed by atoms with E-state index in [2.05, 4.69) is 0 Å². The molecule has 0 saturated heterocycles. The minimum Gasteiger partial charge on any atom is -0.512 e. The summed E-state index contributed by atoms with van der Waals surface area (Å²) in [4.78, 5) is 0. The molecule has 0 aliphatic rings. The summed E-state index contributed by atoms with van der Waals surface area (Å²) < 4.78 is 0. The standard InChI is InChI=1S/7CN.2Au.K/c7*1-2;;;/q7*-1;2*+3;+1. The third kappa shape index (κ3) is 13900. The maximum Gasteiger partial charge on any atom is 3.00 e. The molecule has 0 saturated carbocycles. The Morgan fingerprint density at radius 3 is 0.294 bits per heavy atom. The Labute approximate surface area is 176 Å². The third-order valence-electron chi connectivity index (χ3n) is 0. The molecule has 0 unspecified atom stereocenters. The molecule has 0 N–H and O–H groups in total. The molecule has 0 atom stereocenters. The van der Waals surface area contributed by atoms with Gasteiger partial charge in [0.25, 0.3) is 0 Å². The van der Waals surface area contributed by atoms with Gasteiger partial charge in [0, 0.05) is 0 Å². The van der Waals surface area contributed by atoms with Crippen molar-refractivity contribution in [1.82, 2.24) is 0 Å². The molecule has 0 rings (SSSR count). The third-order valence-corrected chi connectivity index (χ3v) is 0. The molecule has 86 valence electrons. The Morgan fingerprint density at radius 1 is 0.294 bits per heavy atom. The largest absolute Gasteiger partial charge is 3.00 e. The predicted molar refractivity (Wildman–Crippen MR) is 34.8 cm³/mol. The van der Waals surface area contributed by atoms with Crippen LogP contribution in [0, 0.1) is 82.8 Å². The molecule has 0 spiro atoms. The van der Waals surface area contributed by atoms with Gasteiger partial charge in [-0.1, -0.05) is 0 Å². The molecular formula is C7Au2KN7. The van der Waals surface area contributed by atoms with Crippen LogP contribution < -0.4 is 51.4 Å². The van der Waals surface area contributed by atoms with Gasteiger partial charge < -0.3 is 82.8 Å². The van der Waals surface area contributed by atoms with Crippen LogP contribution >= 0.6 is 0 Å². The van der Waals surface area contributed by atoms with Crippen molar-refractivity contribution in [3.8, 4) is 0 Å². The number of rotatable bonds is 0. The van der Waals surface area contributed by atoms with Crippen LogP contribution in [0.4, 0.5) is 0 Å². The Kier molecular flexibility index (Phi) is 88000. The van der Waals surface area contributed by atoms with Crippen LogP contribution in [0.2, 0.25) is 0 Å². The maximum atomic E-state index is 6.25. The summed E-state index contributed by atoms with van der Waals surface area (Å²) in [6, 6.07) is 0. The molecule has 7 nitrogen and oxygen atoms in total. The van der Waals surface area contributed by atoms with E-state index in [1.54, 1.807) is 0 Å². The zero-order chi connectivity index (χ0) is 14.0. The molecule has 17 heavy (non-hydrogen) atoms. The molecule has 0 bridgehead atoms. The first kappa shape index (κ1) is 93.3.